The SMILES string of the molecule is COc1c(C)cc(P(C2=C(c3cc(P(c4cc(C)c(OC)c(C(C)(C)C)c4)c4cc(C(C)(C)C)c(OC)c(C(C)(C)C)c4)cc4c3OCO4)C3OCOC3C=C2)c2cc(C(C)(C)C)c(OC)c(C(C)(C)C)c2)cc1C(C)(C)C. The van der Waals surface area contributed by atoms with Gasteiger partial charge >= 0.3 is 0 Å². The highest BCUT2D eigenvalue weighted by Gasteiger charge is 2.43. The molecule has 10 heteroatoms. The molecule has 4 unspecified atom stereocenters. The molecule has 0 amide bonds. The summed E-state index contributed by atoms with van der Waals surface area (Å²) in [4.78, 5) is 0. The fourth-order valence-electron chi connectivity index (χ4n) is 11.5. The number of aryl methyl sites for hydroxylation is 2. The minimum atomic E-state index is -1.36. The fourth-order valence-corrected chi connectivity index (χ4v) is 16.6. The Morgan fingerprint density at radius 2 is 0.769 bits per heavy atom. The zero-order valence-electron chi connectivity index (χ0n) is 51.7. The quantitative estimate of drug-likeness (QED) is 0.121. The van der Waals surface area contributed by atoms with E-state index in [4.69, 9.17) is 37.9 Å². The molecule has 0 aromatic heterocycles. The molecule has 2 aliphatic heterocycles. The molecule has 0 saturated carbocycles. The van der Waals surface area contributed by atoms with Crippen LogP contribution in [0.4, 0.5) is 0 Å². The molecule has 0 radical (unpaired) electrons. The van der Waals surface area contributed by atoms with Gasteiger partial charge in [0.2, 0.25) is 6.79 Å². The summed E-state index contributed by atoms with van der Waals surface area (Å²) in [5.74, 6) is 5.13. The predicted molar refractivity (Wildman–Crippen MR) is 329 cm³/mol. The van der Waals surface area contributed by atoms with Crippen molar-refractivity contribution in [2.24, 2.45) is 0 Å². The predicted octanol–water partition coefficient (Wildman–Crippen LogP) is 14.8. The molecule has 0 bridgehead atoms. The van der Waals surface area contributed by atoms with Crippen LogP contribution in [-0.2, 0) is 42.0 Å². The second-order valence-electron chi connectivity index (χ2n) is 27.7. The summed E-state index contributed by atoms with van der Waals surface area (Å²) in [6.45, 7) is 45.7. The van der Waals surface area contributed by atoms with Gasteiger partial charge in [-0.05, 0) is 166 Å². The van der Waals surface area contributed by atoms with Crippen molar-refractivity contribution in [2.75, 3.05) is 42.0 Å². The molecule has 1 saturated heterocycles. The minimum absolute atomic E-state index is 0.0953. The van der Waals surface area contributed by atoms with Crippen LogP contribution < -0.4 is 54.9 Å². The molecule has 1 aliphatic carbocycles. The Morgan fingerprint density at radius 1 is 0.410 bits per heavy atom. The van der Waals surface area contributed by atoms with Gasteiger partial charge in [-0.3, -0.25) is 0 Å². The summed E-state index contributed by atoms with van der Waals surface area (Å²) >= 11 is 0. The summed E-state index contributed by atoms with van der Waals surface area (Å²) in [6.07, 6.45) is 3.79. The van der Waals surface area contributed by atoms with E-state index in [0.29, 0.717) is 11.5 Å². The largest absolute Gasteiger partial charge is 0.496 e. The zero-order chi connectivity index (χ0) is 57.6. The van der Waals surface area contributed by atoms with E-state index < -0.39 is 21.9 Å². The van der Waals surface area contributed by atoms with Crippen LogP contribution >= 0.6 is 15.8 Å². The van der Waals surface area contributed by atoms with Crippen molar-refractivity contribution in [1.82, 2.24) is 0 Å². The molecule has 0 N–H and O–H groups in total. The minimum Gasteiger partial charge on any atom is -0.496 e. The first-order chi connectivity index (χ1) is 36.1. The molecule has 4 atom stereocenters. The topological polar surface area (TPSA) is 73.8 Å². The van der Waals surface area contributed by atoms with Gasteiger partial charge in [0.15, 0.2) is 11.5 Å². The lowest BCUT2D eigenvalue weighted by atomic mass is 9.79. The molecule has 1 fully saturated rings. The highest BCUT2D eigenvalue weighted by molar-refractivity contribution is 7.80. The van der Waals surface area contributed by atoms with Crippen LogP contribution in [0.25, 0.3) is 5.57 Å². The van der Waals surface area contributed by atoms with Crippen LogP contribution in [0.2, 0.25) is 0 Å². The third-order valence-electron chi connectivity index (χ3n) is 15.4. The van der Waals surface area contributed by atoms with Gasteiger partial charge < -0.3 is 37.9 Å². The van der Waals surface area contributed by atoms with Gasteiger partial charge in [0.1, 0.15) is 42.0 Å². The molecule has 5 aromatic carbocycles. The Labute approximate surface area is 471 Å². The van der Waals surface area contributed by atoms with Gasteiger partial charge in [0, 0.05) is 44.5 Å². The Morgan fingerprint density at radius 3 is 1.17 bits per heavy atom. The van der Waals surface area contributed by atoms with E-state index >= 15 is 0 Å². The molecule has 0 spiro atoms. The molecule has 5 aromatic rings. The molecule has 420 valence electrons. The van der Waals surface area contributed by atoms with Crippen LogP contribution in [0, 0.1) is 13.8 Å². The monoisotopic (exact) mass is 1100 g/mol. The average Bonchev–Trinajstić information content (AvgIpc) is 4.14. The Balaban J connectivity index is 1.56. The van der Waals surface area contributed by atoms with Crippen LogP contribution in [0.5, 0.6) is 34.5 Å². The van der Waals surface area contributed by atoms with E-state index in [1.807, 2.05) is 14.2 Å². The summed E-state index contributed by atoms with van der Waals surface area (Å²) in [7, 11) is 4.54. The Kier molecular flexibility index (Phi) is 16.1. The Hall–Kier alpha value is -4.84. The lowest BCUT2D eigenvalue weighted by Gasteiger charge is -2.35. The van der Waals surface area contributed by atoms with Crippen molar-refractivity contribution in [3.63, 3.8) is 0 Å². The van der Waals surface area contributed by atoms with Gasteiger partial charge in [0.05, 0.1) is 28.4 Å². The number of benzene rings is 5. The highest BCUT2D eigenvalue weighted by Crippen LogP contribution is 2.57. The maximum atomic E-state index is 6.88. The lowest BCUT2D eigenvalue weighted by molar-refractivity contribution is 0.0514. The van der Waals surface area contributed by atoms with Crippen molar-refractivity contribution in [3.8, 4) is 34.5 Å². The van der Waals surface area contributed by atoms with Gasteiger partial charge in [0.25, 0.3) is 0 Å². The normalized spacial score (nSPS) is 17.8. The standard InChI is InChI=1S/C68H90O8P2/c1-39-27-41(30-47(57(39)69-21)63(3,4)5)77(44-32-49(65(9,10)11)60(71-23)50(33-44)66(12,13)14)43-29-46(59-54(36-43)74-38-75-59)56-55(26-25-53-62(56)76-37-73-53)78(42-28-40(2)58(70-22)48(31-42)64(6,7)8)45-34-51(67(15,16)17)61(72-24)52(35-45)68(18,19)20/h25-36,53,62H,37-38H2,1-24H3. The highest BCUT2D eigenvalue weighted by atomic mass is 31.1. The number of fused-ring (bicyclic) bond motifs is 2. The summed E-state index contributed by atoms with van der Waals surface area (Å²) < 4.78 is 52.1. The van der Waals surface area contributed by atoms with Crippen LogP contribution in [0.3, 0.4) is 0 Å². The maximum Gasteiger partial charge on any atom is 0.231 e. The zero-order valence-corrected chi connectivity index (χ0v) is 53.4. The summed E-state index contributed by atoms with van der Waals surface area (Å²) in [6, 6.07) is 23.9. The molecule has 3 aliphatic rings. The van der Waals surface area contributed by atoms with Crippen LogP contribution in [-0.4, -0.2) is 54.2 Å². The molecule has 8 nitrogen and oxygen atoms in total. The number of ether oxygens (including phenoxy) is 8. The van der Waals surface area contributed by atoms with E-state index in [9.17, 15) is 0 Å². The van der Waals surface area contributed by atoms with E-state index in [0.717, 1.165) is 67.0 Å². The van der Waals surface area contributed by atoms with Gasteiger partial charge in [-0.2, -0.15) is 0 Å². The molecular weight excluding hydrogens is 1010 g/mol. The summed E-state index contributed by atoms with van der Waals surface area (Å²) in [5, 5.41) is 7.16. The molecular formula is C68H90O8P2. The molecule has 2 heterocycles. The van der Waals surface area contributed by atoms with Crippen molar-refractivity contribution < 1.29 is 37.9 Å². The van der Waals surface area contributed by atoms with Crippen LogP contribution in [0.15, 0.2) is 78.1 Å². The average molecular weight is 1100 g/mol. The second kappa shape index (κ2) is 21.2. The first kappa shape index (κ1) is 59.3. The molecule has 8 rings (SSSR count). The number of hydrogen-bond donors (Lipinski definition) is 0. The Bertz CT molecular complexity index is 3100. The number of methoxy groups -OCH3 is 4. The van der Waals surface area contributed by atoms with E-state index in [2.05, 4.69) is 211 Å². The fraction of sp³-hybridized carbons (Fsp3) is 0.500. The van der Waals surface area contributed by atoms with Gasteiger partial charge in [-0.15, -0.1) is 0 Å². The number of rotatable bonds is 11. The van der Waals surface area contributed by atoms with Crippen molar-refractivity contribution in [2.45, 2.75) is 183 Å². The third-order valence-corrected chi connectivity index (χ3v) is 20.2. The van der Waals surface area contributed by atoms with Gasteiger partial charge in [-0.1, -0.05) is 137 Å². The van der Waals surface area contributed by atoms with Crippen LogP contribution in [0.1, 0.15) is 175 Å². The summed E-state index contributed by atoms with van der Waals surface area (Å²) in [5.41, 5.74) is 9.78. The van der Waals surface area contributed by atoms with Crippen molar-refractivity contribution in [3.05, 3.63) is 128 Å². The molecule has 78 heavy (non-hydrogen) atoms. The first-order valence-corrected chi connectivity index (χ1v) is 30.4. The third kappa shape index (κ3) is 11.3. The van der Waals surface area contributed by atoms with E-state index in [-0.39, 0.29) is 52.2 Å². The van der Waals surface area contributed by atoms with Crippen molar-refractivity contribution >= 4 is 47.9 Å². The van der Waals surface area contributed by atoms with Crippen molar-refractivity contribution in [1.29, 1.82) is 0 Å². The number of allylic oxidation sites excluding steroid dienone is 2. The van der Waals surface area contributed by atoms with E-state index in [1.54, 1.807) is 14.2 Å². The maximum absolute atomic E-state index is 6.88. The van der Waals surface area contributed by atoms with E-state index in [1.165, 1.54) is 43.5 Å². The first-order valence-electron chi connectivity index (χ1n) is 27.7. The van der Waals surface area contributed by atoms with Gasteiger partial charge in [-0.25, -0.2) is 0 Å². The smallest absolute Gasteiger partial charge is 0.231 e. The second-order valence-corrected chi connectivity index (χ2v) is 32.1. The lowest BCUT2D eigenvalue weighted by Crippen LogP contribution is -2.30. The number of hydrogen-bond acceptors (Lipinski definition) is 8.